The second kappa shape index (κ2) is 15.2. The number of hydroxylamine groups is 1. The van der Waals surface area contributed by atoms with E-state index in [0.29, 0.717) is 49.2 Å². The number of allylic oxidation sites excluding steroid dienone is 2. The normalized spacial score (nSPS) is 14.5. The van der Waals surface area contributed by atoms with Crippen molar-refractivity contribution in [1.29, 1.82) is 0 Å². The zero-order valence-electron chi connectivity index (χ0n) is 27.9. The number of nitrogens with zero attached hydrogens (tertiary/aromatic N) is 2. The molecule has 0 radical (unpaired) electrons. The van der Waals surface area contributed by atoms with Gasteiger partial charge < -0.3 is 14.1 Å². The van der Waals surface area contributed by atoms with Crippen LogP contribution in [0, 0.1) is 0 Å². The fraction of sp³-hybridized carbons (Fsp3) is 0.270. The highest BCUT2D eigenvalue weighted by Gasteiger charge is 2.29. The number of aryl methyl sites for hydroxylation is 1. The number of oxazole rings is 1. The largest absolute Gasteiger partial charge is 0.439 e. The minimum Gasteiger partial charge on any atom is -0.439 e. The van der Waals surface area contributed by atoms with Crippen molar-refractivity contribution < 1.29 is 39.4 Å². The van der Waals surface area contributed by atoms with Gasteiger partial charge in [0.05, 0.1) is 23.3 Å². The van der Waals surface area contributed by atoms with Crippen molar-refractivity contribution in [3.8, 4) is 16.9 Å². The van der Waals surface area contributed by atoms with Gasteiger partial charge in [-0.1, -0.05) is 74.5 Å². The molecule has 0 saturated carbocycles. The summed E-state index contributed by atoms with van der Waals surface area (Å²) in [7, 11) is -7.91. The van der Waals surface area contributed by atoms with Crippen molar-refractivity contribution in [2.24, 2.45) is 0 Å². The maximum atomic E-state index is 12.5. The van der Waals surface area contributed by atoms with Crippen molar-refractivity contribution in [3.63, 3.8) is 0 Å². The Bertz CT molecular complexity index is 2280. The Hall–Kier alpha value is -4.53. The first-order valence-electron chi connectivity index (χ1n) is 16.5. The molecule has 4 aromatic carbocycles. The lowest BCUT2D eigenvalue weighted by molar-refractivity contribution is -0.677. The lowest BCUT2D eigenvalue weighted by Crippen LogP contribution is -2.36. The van der Waals surface area contributed by atoms with Crippen LogP contribution in [0.15, 0.2) is 107 Å². The highest BCUT2D eigenvalue weighted by Crippen LogP contribution is 2.42. The van der Waals surface area contributed by atoms with Crippen molar-refractivity contribution >= 4 is 53.9 Å². The van der Waals surface area contributed by atoms with Crippen molar-refractivity contribution in [1.82, 2.24) is 5.48 Å². The molecule has 0 unspecified atom stereocenters. The molecule has 6 rings (SSSR count). The molecule has 2 N–H and O–H groups in total. The van der Waals surface area contributed by atoms with Crippen molar-refractivity contribution in [2.45, 2.75) is 39.7 Å². The van der Waals surface area contributed by atoms with Gasteiger partial charge in [0, 0.05) is 31.7 Å². The predicted molar refractivity (Wildman–Crippen MR) is 194 cm³/mol. The molecule has 262 valence electrons. The maximum Gasteiger partial charge on any atom is 0.374 e. The Morgan fingerprint density at radius 2 is 1.64 bits per heavy atom. The molecule has 0 bridgehead atoms. The van der Waals surface area contributed by atoms with Crippen LogP contribution < -0.4 is 19.7 Å². The monoisotopic (exact) mass is 718 g/mol. The van der Waals surface area contributed by atoms with E-state index >= 15 is 0 Å². The molecule has 0 saturated heterocycles. The molecule has 0 atom stereocenters. The van der Waals surface area contributed by atoms with E-state index in [-0.39, 0.29) is 24.3 Å². The lowest BCUT2D eigenvalue weighted by Gasteiger charge is -2.19. The van der Waals surface area contributed by atoms with Crippen LogP contribution in [-0.2, 0) is 31.1 Å². The average molecular weight is 719 g/mol. The number of hydrogen-bond donors (Lipinski definition) is 2. The van der Waals surface area contributed by atoms with Crippen LogP contribution in [0.3, 0.4) is 0 Å². The van der Waals surface area contributed by atoms with E-state index in [1.54, 1.807) is 6.92 Å². The Labute approximate surface area is 292 Å². The minimum atomic E-state index is -4.14. The summed E-state index contributed by atoms with van der Waals surface area (Å²) in [6.07, 6.45) is 4.88. The van der Waals surface area contributed by atoms with Crippen LogP contribution in [0.2, 0.25) is 0 Å². The number of aromatic nitrogens is 1. The summed E-state index contributed by atoms with van der Waals surface area (Å²) in [6, 6.07) is 27.8. The Morgan fingerprint density at radius 3 is 2.36 bits per heavy atom. The molecule has 0 aliphatic carbocycles. The summed E-state index contributed by atoms with van der Waals surface area (Å²) in [5.74, 6) is 1.12. The van der Waals surface area contributed by atoms with Crippen LogP contribution >= 0.6 is 0 Å². The zero-order chi connectivity index (χ0) is 35.3. The Balaban J connectivity index is 1.38. The first-order chi connectivity index (χ1) is 24.0. The fourth-order valence-corrected chi connectivity index (χ4v) is 7.29. The molecule has 1 aliphatic heterocycles. The van der Waals surface area contributed by atoms with Gasteiger partial charge in [-0.2, -0.15) is 31.2 Å². The summed E-state index contributed by atoms with van der Waals surface area (Å²) < 4.78 is 76.9. The van der Waals surface area contributed by atoms with Gasteiger partial charge in [-0.25, -0.2) is 0 Å². The van der Waals surface area contributed by atoms with E-state index in [1.165, 1.54) is 0 Å². The van der Waals surface area contributed by atoms with Crippen LogP contribution in [-0.4, -0.2) is 46.0 Å². The van der Waals surface area contributed by atoms with Gasteiger partial charge in [0.15, 0.2) is 12.3 Å². The summed E-state index contributed by atoms with van der Waals surface area (Å²) in [4.78, 5) is 1.97. The van der Waals surface area contributed by atoms with Gasteiger partial charge in [0.2, 0.25) is 11.5 Å². The molecule has 11 nitrogen and oxygen atoms in total. The van der Waals surface area contributed by atoms with Crippen LogP contribution in [0.1, 0.15) is 39.0 Å². The molecule has 13 heteroatoms. The van der Waals surface area contributed by atoms with Crippen LogP contribution in [0.5, 0.6) is 5.75 Å². The second-order valence-corrected chi connectivity index (χ2v) is 15.2. The summed E-state index contributed by atoms with van der Waals surface area (Å²) >= 11 is 0. The zero-order valence-corrected chi connectivity index (χ0v) is 29.5. The van der Waals surface area contributed by atoms with E-state index in [1.807, 2.05) is 113 Å². The van der Waals surface area contributed by atoms with E-state index in [4.69, 9.17) is 13.4 Å². The fourth-order valence-electron chi connectivity index (χ4n) is 5.93. The van der Waals surface area contributed by atoms with Gasteiger partial charge in [0.25, 0.3) is 25.8 Å². The number of fused-ring (bicyclic) bond motifs is 3. The van der Waals surface area contributed by atoms with Crippen molar-refractivity contribution in [2.75, 3.05) is 29.5 Å². The third-order valence-corrected chi connectivity index (χ3v) is 10.3. The van der Waals surface area contributed by atoms with Crippen LogP contribution in [0.25, 0.3) is 39.1 Å². The standard InChI is InChI=1S/C37H39N3O8S2/c1-3-27(23-37-40(18-10-20-49(41,42)43)33-24-29-14-8-9-15-30(29)26-35(33)47-37)22-36-39(19-11-21-50(44,45)48-38-4-2)32-25-31(16-17-34(32)46-36)28-12-6-5-7-13-28/h5-9,12-17,22-26,38H,3-4,10-11,18-21H2,1-2H3/p+1. The summed E-state index contributed by atoms with van der Waals surface area (Å²) in [6.45, 7) is 4.76. The summed E-state index contributed by atoms with van der Waals surface area (Å²) in [5.41, 5.74) is 7.57. The predicted octanol–water partition coefficient (Wildman–Crippen LogP) is 6.61. The highest BCUT2D eigenvalue weighted by molar-refractivity contribution is 7.86. The molecule has 2 heterocycles. The molecular weight excluding hydrogens is 679 g/mol. The SMILES string of the molecule is CCNOS(=O)(=O)CCCN1C(=CC(=Cc2oc3cc4ccccc4cc3[n+]2CCCS(=O)(=O)O)CC)Oc2ccc(-c3ccccc3)cc21. The van der Waals surface area contributed by atoms with Crippen LogP contribution in [0.4, 0.5) is 5.69 Å². The number of nitrogens with one attached hydrogen (secondary N) is 1. The highest BCUT2D eigenvalue weighted by atomic mass is 32.2. The number of anilines is 1. The molecule has 5 aromatic rings. The van der Waals surface area contributed by atoms with E-state index in [9.17, 15) is 21.4 Å². The molecular formula is C37H40N3O8S2+. The minimum absolute atomic E-state index is 0.185. The number of rotatable bonds is 15. The second-order valence-electron chi connectivity index (χ2n) is 12.0. The molecule has 0 amide bonds. The molecule has 1 aromatic heterocycles. The number of hydrogen-bond acceptors (Lipinski definition) is 9. The third-order valence-electron chi connectivity index (χ3n) is 8.35. The number of benzene rings is 4. The smallest absolute Gasteiger partial charge is 0.374 e. The Kier molecular flexibility index (Phi) is 10.7. The average Bonchev–Trinajstić information content (AvgIpc) is 3.61. The maximum absolute atomic E-state index is 12.5. The first kappa shape index (κ1) is 35.3. The van der Waals surface area contributed by atoms with E-state index in [0.717, 1.165) is 38.7 Å². The topological polar surface area (TPSA) is 139 Å². The van der Waals surface area contributed by atoms with Gasteiger partial charge in [-0.15, -0.1) is 0 Å². The quantitative estimate of drug-likeness (QED) is 0.0691. The van der Waals surface area contributed by atoms with Gasteiger partial charge >= 0.3 is 5.89 Å². The lowest BCUT2D eigenvalue weighted by atomic mass is 10.0. The van der Waals surface area contributed by atoms with Gasteiger partial charge in [-0.3, -0.25) is 4.55 Å². The van der Waals surface area contributed by atoms with Gasteiger partial charge in [-0.05, 0) is 58.5 Å². The first-order valence-corrected chi connectivity index (χ1v) is 19.7. The van der Waals surface area contributed by atoms with E-state index < -0.39 is 20.2 Å². The molecule has 1 aliphatic rings. The molecule has 0 spiro atoms. The molecule has 0 fully saturated rings. The van der Waals surface area contributed by atoms with Crippen molar-refractivity contribution in [3.05, 3.63) is 108 Å². The Morgan fingerprint density at radius 1 is 0.900 bits per heavy atom. The number of ether oxygens (including phenoxy) is 1. The van der Waals surface area contributed by atoms with Gasteiger partial charge in [0.1, 0.15) is 0 Å². The molecule has 50 heavy (non-hydrogen) atoms. The summed E-state index contributed by atoms with van der Waals surface area (Å²) in [5, 5.41) is 2.02. The van der Waals surface area contributed by atoms with E-state index in [2.05, 4.69) is 5.48 Å². The third kappa shape index (κ3) is 8.42.